The molecule has 0 aliphatic heterocycles. The lowest BCUT2D eigenvalue weighted by atomic mass is 9.96. The van der Waals surface area contributed by atoms with E-state index in [1.54, 1.807) is 13.8 Å². The normalized spacial score (nSPS) is 14.7. The lowest BCUT2D eigenvalue weighted by Gasteiger charge is -2.29. The van der Waals surface area contributed by atoms with Gasteiger partial charge in [0.05, 0.1) is 25.6 Å². The molecular weight excluding hydrogens is 963 g/mol. The average Bonchev–Trinajstić information content (AvgIpc) is 3.31. The van der Waals surface area contributed by atoms with Crippen molar-refractivity contribution in [1.82, 2.24) is 42.5 Å². The molecule has 0 aliphatic carbocycles. The highest BCUT2D eigenvalue weighted by atomic mass is 16.4. The number of guanidine groups is 1. The first-order valence-electron chi connectivity index (χ1n) is 24.3. The summed E-state index contributed by atoms with van der Waals surface area (Å²) in [5.74, 6) is -12.1. The Morgan fingerprint density at radius 2 is 1.03 bits per heavy atom. The first-order chi connectivity index (χ1) is 34.3. The fourth-order valence-corrected chi connectivity index (χ4v) is 6.89. The third-order valence-corrected chi connectivity index (χ3v) is 11.2. The molecule has 0 saturated heterocycles. The van der Waals surface area contributed by atoms with Gasteiger partial charge in [0.2, 0.25) is 53.2 Å². The molecule has 73 heavy (non-hydrogen) atoms. The van der Waals surface area contributed by atoms with Gasteiger partial charge in [0.15, 0.2) is 5.96 Å². The fourth-order valence-electron chi connectivity index (χ4n) is 6.89. The minimum atomic E-state index is -1.78. The maximum Gasteiger partial charge on any atom is 0.326 e. The number of amides is 9. The SMILES string of the molecule is CC[C@H](C)[C@H](NC(=O)[C@H](CCCCN)NC(=O)[C@H](CCCN=C(N)N)NC(=O)CNC(=O)[C@@H](N)CC(C)C)C(=O)N[C@@H](CC(N)=O)C(=O)N[C@@H](CCCCN)C(=O)N[C@@H](CO)C(=O)N[C@@H](CCC(=O)O)C(=O)O. The number of hydrogen-bond donors (Lipinski definition) is 17. The quantitative estimate of drug-likeness (QED) is 0.0155. The Kier molecular flexibility index (Phi) is 32.9. The van der Waals surface area contributed by atoms with Gasteiger partial charge in [-0.05, 0) is 89.1 Å². The number of nitrogens with zero attached hydrogens (tertiary/aromatic N) is 1. The van der Waals surface area contributed by atoms with Gasteiger partial charge in [-0.2, -0.15) is 0 Å². The fraction of sp³-hybridized carbons (Fsp3) is 0.727. The topological polar surface area (TPSA) is 513 Å². The van der Waals surface area contributed by atoms with Crippen molar-refractivity contribution in [2.24, 2.45) is 51.2 Å². The number of aliphatic hydroxyl groups is 1. The molecule has 0 radical (unpaired) electrons. The molecule has 29 nitrogen and oxygen atoms in total. The number of nitrogens with two attached hydrogens (primary N) is 6. The summed E-state index contributed by atoms with van der Waals surface area (Å²) in [5, 5.41) is 47.7. The molecule has 23 N–H and O–H groups in total. The van der Waals surface area contributed by atoms with Crippen molar-refractivity contribution in [2.75, 3.05) is 32.8 Å². The lowest BCUT2D eigenvalue weighted by Crippen LogP contribution is -2.61. The number of rotatable bonds is 39. The summed E-state index contributed by atoms with van der Waals surface area (Å²) < 4.78 is 0. The van der Waals surface area contributed by atoms with Crippen molar-refractivity contribution < 1.29 is 68.1 Å². The molecular formula is C44H81N15O14. The Bertz CT molecular complexity index is 1870. The summed E-state index contributed by atoms with van der Waals surface area (Å²) in [4.78, 5) is 147. The number of aliphatic carboxylic acids is 2. The van der Waals surface area contributed by atoms with Crippen LogP contribution < -0.4 is 76.9 Å². The van der Waals surface area contributed by atoms with Crippen LogP contribution in [0.25, 0.3) is 0 Å². The van der Waals surface area contributed by atoms with E-state index in [1.807, 2.05) is 13.8 Å². The van der Waals surface area contributed by atoms with Crippen LogP contribution in [0.15, 0.2) is 4.99 Å². The summed E-state index contributed by atoms with van der Waals surface area (Å²) in [7, 11) is 0. The van der Waals surface area contributed by atoms with Crippen LogP contribution in [0.5, 0.6) is 0 Å². The van der Waals surface area contributed by atoms with Crippen LogP contribution in [0.4, 0.5) is 0 Å². The van der Waals surface area contributed by atoms with Crippen LogP contribution in [-0.2, 0) is 52.7 Å². The number of carbonyl (C=O) groups excluding carboxylic acids is 9. The van der Waals surface area contributed by atoms with E-state index in [4.69, 9.17) is 39.5 Å². The van der Waals surface area contributed by atoms with Gasteiger partial charge in [-0.1, -0.05) is 34.1 Å². The number of nitrogens with one attached hydrogen (secondary N) is 8. The largest absolute Gasteiger partial charge is 0.481 e. The molecule has 0 unspecified atom stereocenters. The highest BCUT2D eigenvalue weighted by Crippen LogP contribution is 2.13. The number of aliphatic hydroxyl groups excluding tert-OH is 1. The Morgan fingerprint density at radius 3 is 1.49 bits per heavy atom. The van der Waals surface area contributed by atoms with Gasteiger partial charge in [-0.25, -0.2) is 4.79 Å². The van der Waals surface area contributed by atoms with Gasteiger partial charge in [0, 0.05) is 13.0 Å². The van der Waals surface area contributed by atoms with E-state index in [-0.39, 0.29) is 70.0 Å². The van der Waals surface area contributed by atoms with Crippen LogP contribution in [0, 0.1) is 11.8 Å². The van der Waals surface area contributed by atoms with Crippen LogP contribution in [0.2, 0.25) is 0 Å². The van der Waals surface area contributed by atoms with Crippen molar-refractivity contribution in [3.63, 3.8) is 0 Å². The van der Waals surface area contributed by atoms with Gasteiger partial charge in [-0.15, -0.1) is 0 Å². The number of primary amides is 1. The van der Waals surface area contributed by atoms with E-state index in [0.29, 0.717) is 25.7 Å². The maximum absolute atomic E-state index is 14.1. The molecule has 0 rings (SSSR count). The maximum atomic E-state index is 14.1. The molecule has 0 fully saturated rings. The van der Waals surface area contributed by atoms with Gasteiger partial charge >= 0.3 is 11.9 Å². The molecule has 0 spiro atoms. The van der Waals surface area contributed by atoms with Gasteiger partial charge < -0.3 is 92.3 Å². The molecule has 416 valence electrons. The molecule has 9 atom stereocenters. The number of unbranched alkanes of at least 4 members (excludes halogenated alkanes) is 2. The van der Waals surface area contributed by atoms with Crippen LogP contribution in [0.3, 0.4) is 0 Å². The van der Waals surface area contributed by atoms with Crippen molar-refractivity contribution in [3.05, 3.63) is 0 Å². The summed E-state index contributed by atoms with van der Waals surface area (Å²) >= 11 is 0. The molecule has 0 aromatic rings. The third kappa shape index (κ3) is 28.2. The predicted octanol–water partition coefficient (Wildman–Crippen LogP) is -5.96. The lowest BCUT2D eigenvalue weighted by molar-refractivity contribution is -0.143. The third-order valence-electron chi connectivity index (χ3n) is 11.2. The van der Waals surface area contributed by atoms with E-state index in [1.165, 1.54) is 0 Å². The van der Waals surface area contributed by atoms with Gasteiger partial charge in [-0.3, -0.25) is 52.9 Å². The Morgan fingerprint density at radius 1 is 0.562 bits per heavy atom. The highest BCUT2D eigenvalue weighted by Gasteiger charge is 2.36. The molecule has 0 saturated carbocycles. The second-order valence-corrected chi connectivity index (χ2v) is 17.9. The zero-order valence-corrected chi connectivity index (χ0v) is 42.2. The zero-order valence-electron chi connectivity index (χ0n) is 42.2. The minimum Gasteiger partial charge on any atom is -0.481 e. The average molecular weight is 1040 g/mol. The molecule has 29 heteroatoms. The Balaban J connectivity index is 6.60. The first-order valence-corrected chi connectivity index (χ1v) is 24.3. The molecule has 0 heterocycles. The van der Waals surface area contributed by atoms with Gasteiger partial charge in [0.25, 0.3) is 0 Å². The number of hydrogen-bond acceptors (Lipinski definition) is 16. The highest BCUT2D eigenvalue weighted by molar-refractivity contribution is 5.99. The smallest absolute Gasteiger partial charge is 0.326 e. The van der Waals surface area contributed by atoms with Crippen molar-refractivity contribution in [3.8, 4) is 0 Å². The van der Waals surface area contributed by atoms with E-state index in [9.17, 15) is 63.0 Å². The summed E-state index contributed by atoms with van der Waals surface area (Å²) in [5.41, 5.74) is 33.6. The minimum absolute atomic E-state index is 0.00601. The summed E-state index contributed by atoms with van der Waals surface area (Å²) in [6.07, 6.45) is 0.0194. The van der Waals surface area contributed by atoms with Crippen molar-refractivity contribution >= 4 is 71.1 Å². The van der Waals surface area contributed by atoms with Crippen LogP contribution in [0.1, 0.15) is 111 Å². The molecule has 0 bridgehead atoms. The number of carboxylic acid groups (broad SMARTS) is 2. The van der Waals surface area contributed by atoms with Gasteiger partial charge in [0.1, 0.15) is 42.3 Å². The molecule has 0 aliphatic rings. The van der Waals surface area contributed by atoms with E-state index in [2.05, 4.69) is 47.5 Å². The monoisotopic (exact) mass is 1040 g/mol. The zero-order chi connectivity index (χ0) is 55.8. The Labute approximate surface area is 424 Å². The molecule has 0 aromatic heterocycles. The van der Waals surface area contributed by atoms with E-state index < -0.39 is 152 Å². The van der Waals surface area contributed by atoms with Crippen molar-refractivity contribution in [1.29, 1.82) is 0 Å². The first kappa shape index (κ1) is 66.3. The predicted molar refractivity (Wildman–Crippen MR) is 265 cm³/mol. The molecule has 9 amide bonds. The second-order valence-electron chi connectivity index (χ2n) is 17.9. The van der Waals surface area contributed by atoms with Crippen LogP contribution in [-0.4, -0.2) is 168 Å². The van der Waals surface area contributed by atoms with Crippen LogP contribution >= 0.6 is 0 Å². The summed E-state index contributed by atoms with van der Waals surface area (Å²) in [6.45, 7) is 5.94. The van der Waals surface area contributed by atoms with E-state index in [0.717, 1.165) is 0 Å². The summed E-state index contributed by atoms with van der Waals surface area (Å²) in [6, 6.07) is -11.7. The second kappa shape index (κ2) is 36.2. The Hall–Kier alpha value is -6.72. The standard InChI is InChI=1S/C44H81N15O14/c1-5-24(4)35(59-39(68)28(12-7-9-17-46)54-37(66)26(13-10-18-51-44(49)50)53-33(62)21-52-36(65)25(47)19-23(2)3)42(71)57-30(20-32(48)61)40(69)55-27(11-6-8-16-45)38(67)58-31(22-60)41(70)56-29(43(72)73)14-15-34(63)64/h23-31,35,60H,5-22,45-47H2,1-4H3,(H2,48,61)(H,52,65)(H,53,62)(H,54,66)(H,55,69)(H,56,70)(H,57,71)(H,58,67)(H,59,68)(H,63,64)(H,72,73)(H4,49,50,51)/t24-,25-,26-,27-,28-,29-,30-,31-,35-/m0/s1. The number of carbonyl (C=O) groups is 11. The molecule has 0 aromatic carbocycles. The van der Waals surface area contributed by atoms with Crippen molar-refractivity contribution in [2.45, 2.75) is 160 Å². The number of carboxylic acids is 2. The number of aliphatic imine (C=N–C) groups is 1. The van der Waals surface area contributed by atoms with E-state index >= 15 is 0 Å².